The second kappa shape index (κ2) is 37.5. The van der Waals surface area contributed by atoms with Crippen LogP contribution in [0.5, 0.6) is 0 Å². The minimum Gasteiger partial charge on any atom is -0.665 e. The molecule has 0 saturated heterocycles. The van der Waals surface area contributed by atoms with E-state index in [0.29, 0.717) is 6.47 Å². The van der Waals surface area contributed by atoms with Crippen molar-refractivity contribution in [3.63, 3.8) is 0 Å². The molecule has 0 heterocycles. The fourth-order valence-corrected chi connectivity index (χ4v) is 0. The Morgan fingerprint density at radius 3 is 1.60 bits per heavy atom. The van der Waals surface area contributed by atoms with Crippen LogP contribution in [0.25, 0.3) is 0 Å². The summed E-state index contributed by atoms with van der Waals surface area (Å²) in [4.78, 5) is 8.24. The van der Waals surface area contributed by atoms with Crippen molar-refractivity contribution in [2.45, 2.75) is 0 Å². The van der Waals surface area contributed by atoms with Crippen LogP contribution in [-0.4, -0.2) is 17.1 Å². The van der Waals surface area contributed by atoms with Crippen molar-refractivity contribution < 1.29 is 32.7 Å². The molecule has 0 spiro atoms. The quantitative estimate of drug-likeness (QED) is 0.402. The van der Waals surface area contributed by atoms with Crippen LogP contribution >= 0.6 is 0 Å². The van der Waals surface area contributed by atoms with E-state index in [1.54, 1.807) is 0 Å². The maximum absolute atomic E-state index is 8.24. The normalized spacial score (nSPS) is 2.40. The summed E-state index contributed by atoms with van der Waals surface area (Å²) in [5.41, 5.74) is 0. The van der Waals surface area contributed by atoms with E-state index in [-0.39, 0.29) is 22.8 Å². The van der Waals surface area contributed by atoms with E-state index >= 15 is 0 Å². The fraction of sp³-hybridized carbons (Fsp3) is 0. The Hall–Kier alpha value is -0.0375. The van der Waals surface area contributed by atoms with Gasteiger partial charge in [0.2, 0.25) is 0 Å². The van der Waals surface area contributed by atoms with E-state index in [1.165, 1.54) is 0 Å². The van der Waals surface area contributed by atoms with Gasteiger partial charge < -0.3 is 15.4 Å². The molecular weight excluding hydrogens is 112 g/mol. The molecule has 0 aromatic rings. The van der Waals surface area contributed by atoms with Gasteiger partial charge in [-0.15, -0.1) is 0 Å². The van der Waals surface area contributed by atoms with Crippen molar-refractivity contribution in [1.29, 1.82) is 0 Å². The number of aliphatic hydroxyl groups excluding tert-OH is 1. The molecule has 0 bridgehead atoms. The maximum Gasteiger partial charge on any atom is 0 e. The van der Waals surface area contributed by atoms with E-state index in [4.69, 9.17) is 9.90 Å². The SMILES string of the molecule is O.O=[C-]O.[Cr]. The van der Waals surface area contributed by atoms with Crippen LogP contribution < -0.4 is 0 Å². The van der Waals surface area contributed by atoms with Gasteiger partial charge in [-0.1, -0.05) is 6.47 Å². The van der Waals surface area contributed by atoms with E-state index in [0.717, 1.165) is 0 Å². The third-order valence-electron chi connectivity index (χ3n) is 0. The third-order valence-corrected chi connectivity index (χ3v) is 0. The molecule has 0 atom stereocenters. The maximum atomic E-state index is 8.24. The molecule has 0 fully saturated rings. The van der Waals surface area contributed by atoms with E-state index in [9.17, 15) is 0 Å². The monoisotopic (exact) mass is 115 g/mol. The molecular formula is CH3CrO3-. The number of hydrogen-bond donors (Lipinski definition) is 1. The summed E-state index contributed by atoms with van der Waals surface area (Å²) in [5, 5.41) is 6.76. The first-order valence-corrected chi connectivity index (χ1v) is 0.428. The molecule has 0 aliphatic heterocycles. The zero-order valence-electron chi connectivity index (χ0n) is 2.26. The molecule has 0 rings (SSSR count). The first-order valence-electron chi connectivity index (χ1n) is 0.428. The predicted molar refractivity (Wildman–Crippen MR) is 11.9 cm³/mol. The molecule has 3 nitrogen and oxygen atoms in total. The Kier molecular flexibility index (Phi) is 152. The summed E-state index contributed by atoms with van der Waals surface area (Å²) >= 11 is 0. The van der Waals surface area contributed by atoms with Crippen molar-refractivity contribution >= 4 is 6.47 Å². The molecule has 3 N–H and O–H groups in total. The van der Waals surface area contributed by atoms with Gasteiger partial charge in [0.15, 0.2) is 0 Å². The second-order valence-electron chi connectivity index (χ2n) is 0.0913. The third kappa shape index (κ3) is 10800. The van der Waals surface area contributed by atoms with Gasteiger partial charge in [-0.3, -0.25) is 0 Å². The minimum atomic E-state index is 0. The molecule has 32 valence electrons. The molecule has 0 unspecified atom stereocenters. The summed E-state index contributed by atoms with van der Waals surface area (Å²) in [7, 11) is 0. The van der Waals surface area contributed by atoms with Gasteiger partial charge in [0.05, 0.1) is 0 Å². The second-order valence-corrected chi connectivity index (χ2v) is 0.0913. The summed E-state index contributed by atoms with van der Waals surface area (Å²) < 4.78 is 0. The Labute approximate surface area is 40.0 Å². The van der Waals surface area contributed by atoms with Crippen LogP contribution in [-0.2, 0) is 22.2 Å². The molecule has 0 radical (unpaired) electrons. The molecule has 0 aliphatic rings. The minimum absolute atomic E-state index is 0. The van der Waals surface area contributed by atoms with Crippen molar-refractivity contribution in [3.8, 4) is 0 Å². The van der Waals surface area contributed by atoms with Gasteiger partial charge in [0, 0.05) is 17.4 Å². The van der Waals surface area contributed by atoms with Gasteiger partial charge in [-0.25, -0.2) is 0 Å². The standard InChI is InChI=1S/CHO2.Cr.H2O/c2-1-3;;/h(H,2,3);;1H2/q-1;;. The van der Waals surface area contributed by atoms with Crippen molar-refractivity contribution in [2.24, 2.45) is 0 Å². The van der Waals surface area contributed by atoms with Crippen molar-refractivity contribution in [3.05, 3.63) is 0 Å². The molecule has 4 heteroatoms. The fourth-order valence-electron chi connectivity index (χ4n) is 0. The van der Waals surface area contributed by atoms with Crippen LogP contribution in [0.4, 0.5) is 0 Å². The zero-order valence-corrected chi connectivity index (χ0v) is 3.54. The zero-order chi connectivity index (χ0) is 2.71. The van der Waals surface area contributed by atoms with Gasteiger partial charge in [0.25, 0.3) is 0 Å². The Balaban J connectivity index is -0.0000000200. The summed E-state index contributed by atoms with van der Waals surface area (Å²) in [6.45, 7) is 0.500. The Bertz CT molecular complexity index is 14.4. The van der Waals surface area contributed by atoms with Crippen LogP contribution in [0.2, 0.25) is 0 Å². The summed E-state index contributed by atoms with van der Waals surface area (Å²) in [6.07, 6.45) is 0. The largest absolute Gasteiger partial charge is 0.665 e. The molecule has 0 aromatic carbocycles. The molecule has 0 aromatic heterocycles. The van der Waals surface area contributed by atoms with E-state index < -0.39 is 0 Å². The topological polar surface area (TPSA) is 68.8 Å². The van der Waals surface area contributed by atoms with Crippen LogP contribution in [0, 0.1) is 0 Å². The Morgan fingerprint density at radius 2 is 1.60 bits per heavy atom. The number of rotatable bonds is 0. The first kappa shape index (κ1) is 20.2. The van der Waals surface area contributed by atoms with Crippen LogP contribution in [0.15, 0.2) is 0 Å². The van der Waals surface area contributed by atoms with Crippen LogP contribution in [0.3, 0.4) is 0 Å². The summed E-state index contributed by atoms with van der Waals surface area (Å²) in [5.74, 6) is 0. The predicted octanol–water partition coefficient (Wildman–Crippen LogP) is -1.22. The molecule has 0 saturated carbocycles. The first-order chi connectivity index (χ1) is 1.41. The van der Waals surface area contributed by atoms with Gasteiger partial charge in [-0.2, -0.15) is 0 Å². The summed E-state index contributed by atoms with van der Waals surface area (Å²) in [6, 6.07) is 0. The average Bonchev–Trinajstić information content (AvgIpc) is 0.918. The Morgan fingerprint density at radius 1 is 1.60 bits per heavy atom. The van der Waals surface area contributed by atoms with Crippen molar-refractivity contribution in [2.75, 3.05) is 0 Å². The molecule has 0 amide bonds. The van der Waals surface area contributed by atoms with Gasteiger partial charge >= 0.3 is 0 Å². The van der Waals surface area contributed by atoms with Gasteiger partial charge in [0.1, 0.15) is 0 Å². The van der Waals surface area contributed by atoms with Crippen molar-refractivity contribution in [1.82, 2.24) is 0 Å². The molecule has 5 heavy (non-hydrogen) atoms. The van der Waals surface area contributed by atoms with E-state index in [2.05, 4.69) is 0 Å². The average molecular weight is 115 g/mol. The van der Waals surface area contributed by atoms with E-state index in [1.807, 2.05) is 0 Å². The number of hydrogen-bond acceptors (Lipinski definition) is 1. The molecule has 0 aliphatic carbocycles. The van der Waals surface area contributed by atoms with Crippen LogP contribution in [0.1, 0.15) is 0 Å². The smallest absolute Gasteiger partial charge is 0 e. The van der Waals surface area contributed by atoms with Gasteiger partial charge in [-0.05, 0) is 0 Å².